The predicted molar refractivity (Wildman–Crippen MR) is 111 cm³/mol. The number of hydrogen-bond acceptors (Lipinski definition) is 4. The van der Waals surface area contributed by atoms with Crippen LogP contribution in [0.25, 0.3) is 11.4 Å². The van der Waals surface area contributed by atoms with Gasteiger partial charge >= 0.3 is 0 Å². The Morgan fingerprint density at radius 3 is 2.62 bits per heavy atom. The Bertz CT molecular complexity index is 953. The number of aromatic amines is 1. The Kier molecular flexibility index (Phi) is 5.74. The fraction of sp³-hybridized carbons (Fsp3) is 0.455. The first-order chi connectivity index (χ1) is 14.1. The second-order valence-electron chi connectivity index (χ2n) is 7.90. The molecule has 2 aromatic heterocycles. The molecule has 0 atom stereocenters. The lowest BCUT2D eigenvalue weighted by atomic mass is 9.93. The fourth-order valence-electron chi connectivity index (χ4n) is 4.02. The van der Waals surface area contributed by atoms with Gasteiger partial charge in [-0.2, -0.15) is 10.2 Å². The lowest BCUT2D eigenvalue weighted by Crippen LogP contribution is -2.39. The number of amides is 1. The monoisotopic (exact) mass is 392 g/mol. The second kappa shape index (κ2) is 8.59. The van der Waals surface area contributed by atoms with Gasteiger partial charge in [0.05, 0.1) is 5.69 Å². The van der Waals surface area contributed by atoms with Gasteiger partial charge in [0.2, 0.25) is 5.91 Å². The molecule has 1 saturated heterocycles. The van der Waals surface area contributed by atoms with Crippen molar-refractivity contribution in [3.8, 4) is 11.4 Å². The van der Waals surface area contributed by atoms with E-state index in [0.29, 0.717) is 18.9 Å². The molecule has 152 valence electrons. The number of aromatic nitrogens is 5. The highest BCUT2D eigenvalue weighted by Crippen LogP contribution is 2.22. The van der Waals surface area contributed by atoms with Crippen molar-refractivity contribution in [3.63, 3.8) is 0 Å². The van der Waals surface area contributed by atoms with E-state index in [-0.39, 0.29) is 5.91 Å². The van der Waals surface area contributed by atoms with E-state index in [4.69, 9.17) is 0 Å². The van der Waals surface area contributed by atoms with Crippen LogP contribution >= 0.6 is 0 Å². The lowest BCUT2D eigenvalue weighted by Gasteiger charge is -2.31. The molecule has 1 N–H and O–H groups in total. The first-order valence-electron chi connectivity index (χ1n) is 10.3. The van der Waals surface area contributed by atoms with E-state index in [2.05, 4.69) is 20.3 Å². The van der Waals surface area contributed by atoms with Crippen molar-refractivity contribution < 1.29 is 4.79 Å². The normalized spacial score (nSPS) is 15.0. The number of carbonyl (C=O) groups excluding carboxylic acids is 1. The molecule has 1 aliphatic rings. The Labute approximate surface area is 171 Å². The van der Waals surface area contributed by atoms with Crippen molar-refractivity contribution in [2.75, 3.05) is 13.1 Å². The van der Waals surface area contributed by atoms with E-state index in [0.717, 1.165) is 61.0 Å². The van der Waals surface area contributed by atoms with Crippen LogP contribution in [0.2, 0.25) is 0 Å². The molecule has 3 heterocycles. The van der Waals surface area contributed by atoms with Crippen LogP contribution in [0.4, 0.5) is 0 Å². The van der Waals surface area contributed by atoms with Gasteiger partial charge in [-0.3, -0.25) is 14.6 Å². The largest absolute Gasteiger partial charge is 0.343 e. The molecule has 3 aromatic rings. The molecule has 0 bridgehead atoms. The summed E-state index contributed by atoms with van der Waals surface area (Å²) in [6, 6.07) is 12.1. The zero-order valence-electron chi connectivity index (χ0n) is 17.1. The summed E-state index contributed by atoms with van der Waals surface area (Å²) in [6.45, 7) is 6.30. The van der Waals surface area contributed by atoms with Gasteiger partial charge in [0, 0.05) is 43.7 Å². The number of aryl methyl sites for hydroxylation is 3. The van der Waals surface area contributed by atoms with Crippen LogP contribution in [0.15, 0.2) is 36.4 Å². The highest BCUT2D eigenvalue weighted by Gasteiger charge is 2.24. The maximum Gasteiger partial charge on any atom is 0.224 e. The molecule has 1 aromatic carbocycles. The zero-order valence-corrected chi connectivity index (χ0v) is 17.1. The van der Waals surface area contributed by atoms with Crippen molar-refractivity contribution >= 4 is 5.91 Å². The number of nitrogens with one attached hydrogen (secondary N) is 1. The van der Waals surface area contributed by atoms with Crippen LogP contribution in [-0.4, -0.2) is 48.9 Å². The maximum atomic E-state index is 12.6. The summed E-state index contributed by atoms with van der Waals surface area (Å²) in [5.41, 5.74) is 3.13. The lowest BCUT2D eigenvalue weighted by molar-refractivity contribution is -0.132. The Balaban J connectivity index is 1.25. The van der Waals surface area contributed by atoms with E-state index in [1.54, 1.807) is 0 Å². The fourth-order valence-corrected chi connectivity index (χ4v) is 4.02. The van der Waals surface area contributed by atoms with Gasteiger partial charge in [-0.25, -0.2) is 4.98 Å². The molecule has 0 unspecified atom stereocenters. The highest BCUT2D eigenvalue weighted by atomic mass is 16.2. The van der Waals surface area contributed by atoms with Crippen LogP contribution in [0.1, 0.15) is 36.5 Å². The Morgan fingerprint density at radius 1 is 1.17 bits per heavy atom. The molecule has 0 radical (unpaired) electrons. The maximum absolute atomic E-state index is 12.6. The quantitative estimate of drug-likeness (QED) is 0.699. The number of benzene rings is 1. The van der Waals surface area contributed by atoms with Crippen molar-refractivity contribution in [2.45, 2.75) is 46.1 Å². The summed E-state index contributed by atoms with van der Waals surface area (Å²) >= 11 is 0. The summed E-state index contributed by atoms with van der Waals surface area (Å²) in [5, 5.41) is 11.9. The van der Waals surface area contributed by atoms with Gasteiger partial charge in [0.1, 0.15) is 5.82 Å². The van der Waals surface area contributed by atoms with E-state index >= 15 is 0 Å². The topological polar surface area (TPSA) is 79.7 Å². The molecule has 0 spiro atoms. The molecule has 1 aliphatic heterocycles. The molecule has 4 rings (SSSR count). The average Bonchev–Trinajstić information content (AvgIpc) is 3.33. The molecular weight excluding hydrogens is 364 g/mol. The predicted octanol–water partition coefficient (Wildman–Crippen LogP) is 3.16. The number of hydrogen-bond donors (Lipinski definition) is 1. The number of piperidine rings is 1. The first-order valence-corrected chi connectivity index (χ1v) is 10.3. The minimum absolute atomic E-state index is 0.224. The van der Waals surface area contributed by atoms with E-state index < -0.39 is 0 Å². The van der Waals surface area contributed by atoms with Gasteiger partial charge in [-0.05, 0) is 38.7 Å². The van der Waals surface area contributed by atoms with Crippen LogP contribution < -0.4 is 0 Å². The van der Waals surface area contributed by atoms with Crippen LogP contribution in [0.5, 0.6) is 0 Å². The zero-order chi connectivity index (χ0) is 20.2. The Hall–Kier alpha value is -2.96. The van der Waals surface area contributed by atoms with Gasteiger partial charge in [-0.15, -0.1) is 0 Å². The van der Waals surface area contributed by atoms with Gasteiger partial charge in [-0.1, -0.05) is 30.3 Å². The molecule has 0 saturated carbocycles. The van der Waals surface area contributed by atoms with Crippen LogP contribution in [-0.2, 0) is 17.8 Å². The molecular formula is C22H28N6O. The van der Waals surface area contributed by atoms with Crippen LogP contribution in [0.3, 0.4) is 0 Å². The number of H-pyrrole nitrogens is 1. The minimum Gasteiger partial charge on any atom is -0.343 e. The van der Waals surface area contributed by atoms with Crippen molar-refractivity contribution in [1.82, 2.24) is 29.9 Å². The molecule has 1 fully saturated rings. The third kappa shape index (κ3) is 4.72. The molecule has 1 amide bonds. The highest BCUT2D eigenvalue weighted by molar-refractivity contribution is 5.76. The van der Waals surface area contributed by atoms with Crippen LogP contribution in [0, 0.1) is 19.8 Å². The summed E-state index contributed by atoms with van der Waals surface area (Å²) in [4.78, 5) is 19.2. The summed E-state index contributed by atoms with van der Waals surface area (Å²) in [7, 11) is 0. The standard InChI is InChI=1S/C22H28N6O/c1-16-14-17(2)28(26-16)13-10-21(29)27-11-8-18(9-12-27)15-20-23-22(25-24-20)19-6-4-3-5-7-19/h3-7,14,18H,8-13,15H2,1-2H3,(H,23,24,25). The average molecular weight is 393 g/mol. The van der Waals surface area contributed by atoms with Crippen molar-refractivity contribution in [2.24, 2.45) is 5.92 Å². The molecule has 0 aliphatic carbocycles. The third-order valence-electron chi connectivity index (χ3n) is 5.65. The minimum atomic E-state index is 0.224. The first kappa shape index (κ1) is 19.4. The third-order valence-corrected chi connectivity index (χ3v) is 5.65. The summed E-state index contributed by atoms with van der Waals surface area (Å²) in [6.07, 6.45) is 3.41. The second-order valence-corrected chi connectivity index (χ2v) is 7.90. The summed E-state index contributed by atoms with van der Waals surface area (Å²) < 4.78 is 1.92. The number of nitrogens with zero attached hydrogens (tertiary/aromatic N) is 5. The van der Waals surface area contributed by atoms with Gasteiger partial charge < -0.3 is 4.90 Å². The van der Waals surface area contributed by atoms with E-state index in [1.807, 2.05) is 59.8 Å². The van der Waals surface area contributed by atoms with Crippen molar-refractivity contribution in [3.05, 3.63) is 53.6 Å². The Morgan fingerprint density at radius 2 is 1.93 bits per heavy atom. The number of carbonyl (C=O) groups is 1. The SMILES string of the molecule is Cc1cc(C)n(CCC(=O)N2CCC(Cc3nc(-c4ccccc4)n[nH]3)CC2)n1. The molecule has 7 heteroatoms. The van der Waals surface area contributed by atoms with Gasteiger partial charge in [0.25, 0.3) is 0 Å². The smallest absolute Gasteiger partial charge is 0.224 e. The van der Waals surface area contributed by atoms with E-state index in [9.17, 15) is 4.79 Å². The number of likely N-dealkylation sites (tertiary alicyclic amines) is 1. The molecule has 7 nitrogen and oxygen atoms in total. The summed E-state index contributed by atoms with van der Waals surface area (Å²) in [5.74, 6) is 2.43. The van der Waals surface area contributed by atoms with Crippen molar-refractivity contribution in [1.29, 1.82) is 0 Å². The van der Waals surface area contributed by atoms with E-state index in [1.165, 1.54) is 0 Å². The number of rotatable bonds is 6. The van der Waals surface area contributed by atoms with Gasteiger partial charge in [0.15, 0.2) is 5.82 Å². The molecule has 29 heavy (non-hydrogen) atoms.